The van der Waals surface area contributed by atoms with Gasteiger partial charge in [0.2, 0.25) is 0 Å². The highest BCUT2D eigenvalue weighted by molar-refractivity contribution is 5.94. The maximum Gasteiger partial charge on any atom is 0.132 e. The van der Waals surface area contributed by atoms with E-state index in [0.29, 0.717) is 0 Å². The van der Waals surface area contributed by atoms with Gasteiger partial charge >= 0.3 is 0 Å². The van der Waals surface area contributed by atoms with Crippen molar-refractivity contribution in [3.05, 3.63) is 210 Å². The summed E-state index contributed by atoms with van der Waals surface area (Å²) < 4.78 is 6.76. The molecule has 1 aliphatic heterocycles. The predicted molar refractivity (Wildman–Crippen MR) is 201 cm³/mol. The van der Waals surface area contributed by atoms with Crippen LogP contribution in [0.15, 0.2) is 188 Å². The molecule has 2 nitrogen and oxygen atoms in total. The van der Waals surface area contributed by atoms with Crippen LogP contribution in [0.1, 0.15) is 22.3 Å². The van der Waals surface area contributed by atoms with Crippen molar-refractivity contribution in [2.24, 2.45) is 0 Å². The highest BCUT2D eigenvalue weighted by Crippen LogP contribution is 2.63. The summed E-state index contributed by atoms with van der Waals surface area (Å²) in [5, 5.41) is 2.38. The fourth-order valence-corrected chi connectivity index (χ4v) is 8.17. The molecule has 8 aromatic rings. The molecule has 2 aliphatic rings. The molecule has 1 spiro atoms. The summed E-state index contributed by atoms with van der Waals surface area (Å²) in [6.45, 7) is 0. The van der Waals surface area contributed by atoms with Crippen LogP contribution in [0.2, 0.25) is 0 Å². The number of hydrogen-bond acceptors (Lipinski definition) is 2. The van der Waals surface area contributed by atoms with Crippen molar-refractivity contribution in [2.75, 3.05) is 4.90 Å². The summed E-state index contributed by atoms with van der Waals surface area (Å²) in [7, 11) is 0. The zero-order valence-corrected chi connectivity index (χ0v) is 26.8. The van der Waals surface area contributed by atoms with Gasteiger partial charge in [-0.3, -0.25) is 0 Å². The van der Waals surface area contributed by atoms with Crippen molar-refractivity contribution >= 4 is 27.8 Å². The van der Waals surface area contributed by atoms with Gasteiger partial charge in [0.1, 0.15) is 11.5 Å². The third kappa shape index (κ3) is 4.14. The minimum atomic E-state index is -0.560. The van der Waals surface area contributed by atoms with E-state index in [2.05, 4.69) is 193 Å². The third-order valence-electron chi connectivity index (χ3n) is 10.3. The molecule has 0 fully saturated rings. The quantitative estimate of drug-likeness (QED) is 0.193. The van der Waals surface area contributed by atoms with Crippen molar-refractivity contribution in [2.45, 2.75) is 5.41 Å². The average Bonchev–Trinajstić information content (AvgIpc) is 3.45. The van der Waals surface area contributed by atoms with Crippen molar-refractivity contribution in [3.8, 4) is 33.8 Å². The lowest BCUT2D eigenvalue weighted by Gasteiger charge is -2.40. The minimum Gasteiger partial charge on any atom is -0.457 e. The summed E-state index contributed by atoms with van der Waals surface area (Å²) in [6, 6.07) is 67.9. The molecule has 0 aromatic heterocycles. The summed E-state index contributed by atoms with van der Waals surface area (Å²) >= 11 is 0. The first kappa shape index (κ1) is 27.7. The first-order valence-corrected chi connectivity index (χ1v) is 16.8. The highest BCUT2D eigenvalue weighted by atomic mass is 16.5. The molecule has 0 radical (unpaired) electrons. The molecule has 0 N–H and O–H groups in total. The fourth-order valence-electron chi connectivity index (χ4n) is 8.17. The molecular weight excluding hydrogens is 595 g/mol. The number of ether oxygens (including phenoxy) is 1. The van der Waals surface area contributed by atoms with Crippen molar-refractivity contribution < 1.29 is 4.74 Å². The Labute approximate surface area is 286 Å². The molecule has 0 saturated heterocycles. The Morgan fingerprint density at radius 3 is 1.71 bits per heavy atom. The van der Waals surface area contributed by atoms with Gasteiger partial charge in [-0.05, 0) is 98.8 Å². The Hall–Kier alpha value is -6.38. The molecule has 1 heterocycles. The standard InChI is InChI=1S/C47H31NO/c1-3-13-32(14-4-1)33-23-25-37(26-24-33)48(36-17-5-2-6-18-36)38-27-28-40-39-19-9-10-20-41(39)47(43(40)31-38)42-21-11-12-22-45(42)49-46-30-35-16-8-7-15-34(35)29-44(46)47/h1-31H. The monoisotopic (exact) mass is 625 g/mol. The molecule has 2 heteroatoms. The van der Waals surface area contributed by atoms with Gasteiger partial charge in [-0.15, -0.1) is 0 Å². The molecule has 230 valence electrons. The Bertz CT molecular complexity index is 2520. The van der Waals surface area contributed by atoms with Crippen molar-refractivity contribution in [3.63, 3.8) is 0 Å². The molecular formula is C47H31NO. The van der Waals surface area contributed by atoms with Gasteiger partial charge in [-0.1, -0.05) is 133 Å². The normalized spacial score (nSPS) is 15.2. The van der Waals surface area contributed by atoms with Crippen LogP contribution in [0.3, 0.4) is 0 Å². The maximum atomic E-state index is 6.76. The van der Waals surface area contributed by atoms with E-state index >= 15 is 0 Å². The SMILES string of the molecule is c1ccc(-c2ccc(N(c3ccccc3)c3ccc4c(c3)C3(c5ccccc5Oc5cc6ccccc6cc53)c3ccccc3-4)cc2)cc1. The van der Waals surface area contributed by atoms with Gasteiger partial charge in [0.05, 0.1) is 5.41 Å². The molecule has 0 saturated carbocycles. The zero-order valence-electron chi connectivity index (χ0n) is 26.8. The van der Waals surface area contributed by atoms with E-state index in [0.717, 1.165) is 28.6 Å². The molecule has 0 amide bonds. The molecule has 1 aliphatic carbocycles. The number of nitrogens with zero attached hydrogens (tertiary/aromatic N) is 1. The Morgan fingerprint density at radius 2 is 0.918 bits per heavy atom. The Morgan fingerprint density at radius 1 is 0.347 bits per heavy atom. The van der Waals surface area contributed by atoms with E-state index in [-0.39, 0.29) is 0 Å². The summed E-state index contributed by atoms with van der Waals surface area (Å²) in [5.41, 5.74) is 12.6. The van der Waals surface area contributed by atoms with Gasteiger partial charge in [0.15, 0.2) is 0 Å². The number of para-hydroxylation sites is 2. The zero-order chi connectivity index (χ0) is 32.4. The van der Waals surface area contributed by atoms with E-state index in [1.807, 2.05) is 0 Å². The lowest BCUT2D eigenvalue weighted by Crippen LogP contribution is -2.32. The predicted octanol–water partition coefficient (Wildman–Crippen LogP) is 12.4. The molecule has 10 rings (SSSR count). The smallest absolute Gasteiger partial charge is 0.132 e. The fraction of sp³-hybridized carbons (Fsp3) is 0.0213. The van der Waals surface area contributed by atoms with Crippen LogP contribution in [0.5, 0.6) is 11.5 Å². The summed E-state index contributed by atoms with van der Waals surface area (Å²) in [4.78, 5) is 2.37. The number of hydrogen-bond donors (Lipinski definition) is 0. The first-order valence-electron chi connectivity index (χ1n) is 16.8. The second kappa shape index (κ2) is 10.8. The number of fused-ring (bicyclic) bond motifs is 10. The van der Waals surface area contributed by atoms with E-state index < -0.39 is 5.41 Å². The lowest BCUT2D eigenvalue weighted by atomic mass is 9.65. The second-order valence-electron chi connectivity index (χ2n) is 12.9. The highest BCUT2D eigenvalue weighted by Gasteiger charge is 2.51. The van der Waals surface area contributed by atoms with Crippen LogP contribution in [0.25, 0.3) is 33.0 Å². The van der Waals surface area contributed by atoms with Gasteiger partial charge < -0.3 is 9.64 Å². The lowest BCUT2D eigenvalue weighted by molar-refractivity contribution is 0.437. The van der Waals surface area contributed by atoms with Crippen LogP contribution < -0.4 is 9.64 Å². The van der Waals surface area contributed by atoms with Gasteiger partial charge in [-0.2, -0.15) is 0 Å². The van der Waals surface area contributed by atoms with Crippen LogP contribution in [-0.2, 0) is 5.41 Å². The van der Waals surface area contributed by atoms with Gasteiger partial charge in [0.25, 0.3) is 0 Å². The van der Waals surface area contributed by atoms with E-state index in [1.165, 1.54) is 55.3 Å². The van der Waals surface area contributed by atoms with Crippen molar-refractivity contribution in [1.29, 1.82) is 0 Å². The third-order valence-corrected chi connectivity index (χ3v) is 10.3. The van der Waals surface area contributed by atoms with Gasteiger partial charge in [0, 0.05) is 28.2 Å². The number of anilines is 3. The first-order chi connectivity index (χ1) is 24.3. The number of rotatable bonds is 4. The molecule has 8 aromatic carbocycles. The van der Waals surface area contributed by atoms with Crippen LogP contribution in [-0.4, -0.2) is 0 Å². The molecule has 1 atom stereocenters. The van der Waals surface area contributed by atoms with Crippen LogP contribution >= 0.6 is 0 Å². The topological polar surface area (TPSA) is 12.5 Å². The number of benzene rings is 8. The molecule has 1 unspecified atom stereocenters. The molecule has 49 heavy (non-hydrogen) atoms. The van der Waals surface area contributed by atoms with Gasteiger partial charge in [-0.25, -0.2) is 0 Å². The van der Waals surface area contributed by atoms with Crippen molar-refractivity contribution in [1.82, 2.24) is 0 Å². The summed E-state index contributed by atoms with van der Waals surface area (Å²) in [5.74, 6) is 1.80. The van der Waals surface area contributed by atoms with E-state index in [9.17, 15) is 0 Å². The minimum absolute atomic E-state index is 0.560. The van der Waals surface area contributed by atoms with E-state index in [4.69, 9.17) is 4.74 Å². The average molecular weight is 626 g/mol. The van der Waals surface area contributed by atoms with E-state index in [1.54, 1.807) is 0 Å². The second-order valence-corrected chi connectivity index (χ2v) is 12.9. The Balaban J connectivity index is 1.24. The Kier molecular flexibility index (Phi) is 6.13. The maximum absolute atomic E-state index is 6.76. The van der Waals surface area contributed by atoms with Crippen LogP contribution in [0.4, 0.5) is 17.1 Å². The summed E-state index contributed by atoms with van der Waals surface area (Å²) in [6.07, 6.45) is 0. The van der Waals surface area contributed by atoms with Crippen LogP contribution in [0, 0.1) is 0 Å². The molecule has 0 bridgehead atoms. The largest absolute Gasteiger partial charge is 0.457 e.